The maximum atomic E-state index is 12.9. The first-order chi connectivity index (χ1) is 12.9. The highest BCUT2D eigenvalue weighted by atomic mass is 28.3. The van der Waals surface area contributed by atoms with Crippen LogP contribution >= 0.6 is 0 Å². The Morgan fingerprint density at radius 2 is 1.85 bits per heavy atom. The predicted octanol–water partition coefficient (Wildman–Crippen LogP) is 6.50. The zero-order chi connectivity index (χ0) is 19.7. The second-order valence-electron chi connectivity index (χ2n) is 7.64. The first kappa shape index (κ1) is 22.0. The molecule has 0 spiro atoms. The Balaban J connectivity index is 1.68. The van der Waals surface area contributed by atoms with Gasteiger partial charge in [0.15, 0.2) is 6.61 Å². The van der Waals surface area contributed by atoms with Crippen LogP contribution in [0.15, 0.2) is 36.9 Å². The van der Waals surface area contributed by atoms with Gasteiger partial charge in [-0.15, -0.1) is 6.58 Å². The van der Waals surface area contributed by atoms with Crippen LogP contribution < -0.4 is 4.74 Å². The van der Waals surface area contributed by atoms with Gasteiger partial charge in [-0.05, 0) is 42.9 Å². The molecule has 0 amide bonds. The molecule has 0 atom stereocenters. The summed E-state index contributed by atoms with van der Waals surface area (Å²) in [5.41, 5.74) is 1.13. The fourth-order valence-electron chi connectivity index (χ4n) is 3.73. The van der Waals surface area contributed by atoms with Crippen LogP contribution in [0.2, 0.25) is 18.1 Å². The first-order valence-corrected chi connectivity index (χ1v) is 12.3. The molecule has 0 unspecified atom stereocenters. The summed E-state index contributed by atoms with van der Waals surface area (Å²) in [6.45, 7) is 2.48. The Bertz CT molecular complexity index is 554. The second-order valence-corrected chi connectivity index (χ2v) is 11.1. The summed E-state index contributed by atoms with van der Waals surface area (Å²) in [7, 11) is -0.510. The number of hydrogen-bond acceptors (Lipinski definition) is 1. The van der Waals surface area contributed by atoms with Crippen molar-refractivity contribution >= 4 is 8.80 Å². The molecule has 0 aromatic heterocycles. The topological polar surface area (TPSA) is 9.23 Å². The zero-order valence-electron chi connectivity index (χ0n) is 15.8. The molecular formula is C21H30F4OSi. The Morgan fingerprint density at radius 1 is 1.19 bits per heavy atom. The van der Waals surface area contributed by atoms with Crippen molar-refractivity contribution in [3.63, 3.8) is 0 Å². The van der Waals surface area contributed by atoms with Crippen LogP contribution in [0.3, 0.4) is 0 Å². The molecule has 1 aromatic rings. The Morgan fingerprint density at radius 3 is 2.44 bits per heavy atom. The van der Waals surface area contributed by atoms with E-state index in [1.807, 2.05) is 18.2 Å². The van der Waals surface area contributed by atoms with Gasteiger partial charge < -0.3 is 4.74 Å². The molecule has 1 saturated heterocycles. The van der Waals surface area contributed by atoms with Crippen molar-refractivity contribution in [1.29, 1.82) is 0 Å². The van der Waals surface area contributed by atoms with Crippen molar-refractivity contribution in [2.24, 2.45) is 5.92 Å². The highest BCUT2D eigenvalue weighted by molar-refractivity contribution is 6.58. The molecule has 1 aliphatic rings. The molecule has 0 bridgehead atoms. The monoisotopic (exact) mass is 402 g/mol. The van der Waals surface area contributed by atoms with E-state index >= 15 is 0 Å². The van der Waals surface area contributed by atoms with Crippen LogP contribution in [-0.4, -0.2) is 27.8 Å². The molecule has 1 aliphatic heterocycles. The molecule has 1 heterocycles. The van der Waals surface area contributed by atoms with Crippen LogP contribution in [0.4, 0.5) is 17.6 Å². The lowest BCUT2D eigenvalue weighted by atomic mass is 9.94. The van der Waals surface area contributed by atoms with Crippen LogP contribution in [0.1, 0.15) is 37.7 Å². The second kappa shape index (κ2) is 10.9. The third kappa shape index (κ3) is 7.68. The van der Waals surface area contributed by atoms with E-state index in [1.165, 1.54) is 37.4 Å². The molecular weight excluding hydrogens is 372 g/mol. The molecule has 1 nitrogen and oxygen atoms in total. The largest absolute Gasteiger partial charge is 0.487 e. The van der Waals surface area contributed by atoms with E-state index in [9.17, 15) is 17.6 Å². The fourth-order valence-corrected chi connectivity index (χ4v) is 7.29. The summed E-state index contributed by atoms with van der Waals surface area (Å²) in [6, 6.07) is 11.2. The van der Waals surface area contributed by atoms with E-state index in [1.54, 1.807) is 12.1 Å². The number of rotatable bonds is 11. The Kier molecular flexibility index (Phi) is 8.86. The minimum absolute atomic E-state index is 0.199. The normalized spacial score (nSPS) is 20.6. The van der Waals surface area contributed by atoms with E-state index in [0.29, 0.717) is 0 Å². The van der Waals surface area contributed by atoms with Crippen LogP contribution in [0, 0.1) is 5.92 Å². The number of aryl methyl sites for hydroxylation is 1. The standard InChI is InChI=1S/C21H30F4OSi/c1-2-3-4-13-27-14-11-18(12-15-27)6-5-17-7-9-19(10-8-17)26-16-21(24,25)20(22)23/h2,7-10,18,20,27H,1,3-6,11-16H2. The van der Waals surface area contributed by atoms with Crippen LogP contribution in [0.5, 0.6) is 5.75 Å². The van der Waals surface area contributed by atoms with E-state index in [-0.39, 0.29) is 5.75 Å². The molecule has 0 aliphatic carbocycles. The SMILES string of the molecule is C=CCCC[SiH]1CCC(CCc2ccc(OCC(F)(F)C(F)F)cc2)CC1. The molecule has 0 N–H and O–H groups in total. The number of unbranched alkanes of at least 4 members (excludes halogenated alkanes) is 1. The summed E-state index contributed by atoms with van der Waals surface area (Å²) in [5, 5.41) is 0. The van der Waals surface area contributed by atoms with E-state index in [4.69, 9.17) is 4.74 Å². The smallest absolute Gasteiger partial charge is 0.340 e. The third-order valence-electron chi connectivity index (χ3n) is 5.50. The van der Waals surface area contributed by atoms with Gasteiger partial charge >= 0.3 is 12.3 Å². The summed E-state index contributed by atoms with van der Waals surface area (Å²) in [6.07, 6.45) is 5.55. The fraction of sp³-hybridized carbons (Fsp3) is 0.619. The molecule has 0 saturated carbocycles. The van der Waals surface area contributed by atoms with E-state index in [2.05, 4.69) is 6.58 Å². The van der Waals surface area contributed by atoms with Crippen molar-refractivity contribution in [2.45, 2.75) is 69.0 Å². The van der Waals surface area contributed by atoms with E-state index in [0.717, 1.165) is 30.7 Å². The van der Waals surface area contributed by atoms with Gasteiger partial charge in [0.1, 0.15) is 5.75 Å². The highest BCUT2D eigenvalue weighted by Crippen LogP contribution is 2.31. The van der Waals surface area contributed by atoms with Crippen LogP contribution in [-0.2, 0) is 6.42 Å². The van der Waals surface area contributed by atoms with Gasteiger partial charge in [0.2, 0.25) is 0 Å². The van der Waals surface area contributed by atoms with Gasteiger partial charge in [-0.3, -0.25) is 0 Å². The summed E-state index contributed by atoms with van der Waals surface area (Å²) in [5.74, 6) is -3.13. The Hall–Kier alpha value is -1.30. The van der Waals surface area contributed by atoms with Gasteiger partial charge in [0.05, 0.1) is 0 Å². The molecule has 152 valence electrons. The number of halogens is 4. The summed E-state index contributed by atoms with van der Waals surface area (Å²) < 4.78 is 54.8. The maximum absolute atomic E-state index is 12.9. The van der Waals surface area contributed by atoms with Crippen LogP contribution in [0.25, 0.3) is 0 Å². The lowest BCUT2D eigenvalue weighted by molar-refractivity contribution is -0.148. The average molecular weight is 403 g/mol. The van der Waals surface area contributed by atoms with Crippen molar-refractivity contribution in [2.75, 3.05) is 6.61 Å². The minimum atomic E-state index is -4.12. The lowest BCUT2D eigenvalue weighted by Crippen LogP contribution is -2.33. The first-order valence-electron chi connectivity index (χ1n) is 9.89. The lowest BCUT2D eigenvalue weighted by Gasteiger charge is -2.27. The zero-order valence-corrected chi connectivity index (χ0v) is 17.0. The maximum Gasteiger partial charge on any atom is 0.340 e. The van der Waals surface area contributed by atoms with Crippen molar-refractivity contribution < 1.29 is 22.3 Å². The highest BCUT2D eigenvalue weighted by Gasteiger charge is 2.41. The molecule has 1 aromatic carbocycles. The summed E-state index contributed by atoms with van der Waals surface area (Å²) in [4.78, 5) is 0. The molecule has 0 radical (unpaired) electrons. The minimum Gasteiger partial charge on any atom is -0.487 e. The average Bonchev–Trinajstić information content (AvgIpc) is 2.67. The number of hydrogen-bond donors (Lipinski definition) is 0. The summed E-state index contributed by atoms with van der Waals surface area (Å²) >= 11 is 0. The molecule has 27 heavy (non-hydrogen) atoms. The van der Waals surface area contributed by atoms with Crippen molar-refractivity contribution in [1.82, 2.24) is 0 Å². The van der Waals surface area contributed by atoms with Gasteiger partial charge in [0.25, 0.3) is 0 Å². The number of benzene rings is 1. The van der Waals surface area contributed by atoms with Gasteiger partial charge in [-0.1, -0.05) is 55.6 Å². The number of ether oxygens (including phenoxy) is 1. The van der Waals surface area contributed by atoms with Gasteiger partial charge in [-0.25, -0.2) is 8.78 Å². The number of allylic oxidation sites excluding steroid dienone is 1. The van der Waals surface area contributed by atoms with Crippen molar-refractivity contribution in [3.8, 4) is 5.75 Å². The molecule has 2 rings (SSSR count). The third-order valence-corrected chi connectivity index (χ3v) is 9.03. The Labute approximate surface area is 161 Å². The predicted molar refractivity (Wildman–Crippen MR) is 105 cm³/mol. The molecule has 1 fully saturated rings. The quantitative estimate of drug-likeness (QED) is 0.178. The van der Waals surface area contributed by atoms with Gasteiger partial charge in [0, 0.05) is 8.80 Å². The number of alkyl halides is 4. The van der Waals surface area contributed by atoms with Crippen molar-refractivity contribution in [3.05, 3.63) is 42.5 Å². The van der Waals surface area contributed by atoms with E-state index < -0.39 is 27.8 Å². The van der Waals surface area contributed by atoms with Gasteiger partial charge in [-0.2, -0.15) is 8.78 Å². The molecule has 6 heteroatoms.